The summed E-state index contributed by atoms with van der Waals surface area (Å²) in [6.45, 7) is 0. The second kappa shape index (κ2) is 5.55. The molecule has 0 amide bonds. The topological polar surface area (TPSA) is 32.7 Å². The fourth-order valence-corrected chi connectivity index (χ4v) is 4.04. The molecule has 110 valence electrons. The summed E-state index contributed by atoms with van der Waals surface area (Å²) in [6, 6.07) is 6.87. The fraction of sp³-hybridized carbons (Fsp3) is 0.625. The van der Waals surface area contributed by atoms with Crippen molar-refractivity contribution >= 4 is 11.6 Å². The first kappa shape index (κ1) is 14.2. The maximum absolute atomic E-state index is 10.7. The van der Waals surface area contributed by atoms with E-state index in [2.05, 4.69) is 11.9 Å². The van der Waals surface area contributed by atoms with Crippen molar-refractivity contribution in [2.75, 3.05) is 14.2 Å². The minimum Gasteiger partial charge on any atom is -0.495 e. The highest BCUT2D eigenvalue weighted by molar-refractivity contribution is 6.32. The Morgan fingerprint density at radius 1 is 1.30 bits per heavy atom. The molecule has 2 aliphatic rings. The average molecular weight is 296 g/mol. The van der Waals surface area contributed by atoms with E-state index in [1.54, 1.807) is 7.11 Å². The average Bonchev–Trinajstić information content (AvgIpc) is 2.68. The molecule has 2 heterocycles. The largest absolute Gasteiger partial charge is 0.495 e. The number of hydrogen-bond donors (Lipinski definition) is 1. The van der Waals surface area contributed by atoms with Gasteiger partial charge in [0.05, 0.1) is 18.2 Å². The fourth-order valence-electron chi connectivity index (χ4n) is 3.84. The Morgan fingerprint density at radius 2 is 1.95 bits per heavy atom. The molecule has 3 unspecified atom stereocenters. The molecule has 0 saturated carbocycles. The summed E-state index contributed by atoms with van der Waals surface area (Å²) in [4.78, 5) is 2.49. The highest BCUT2D eigenvalue weighted by Crippen LogP contribution is 2.43. The van der Waals surface area contributed by atoms with E-state index in [4.69, 9.17) is 16.3 Å². The molecule has 0 aromatic heterocycles. The Bertz CT molecular complexity index is 479. The highest BCUT2D eigenvalue weighted by atomic mass is 35.5. The number of aliphatic hydroxyl groups excluding tert-OH is 1. The van der Waals surface area contributed by atoms with Gasteiger partial charge in [-0.15, -0.1) is 0 Å². The Balaban J connectivity index is 1.78. The number of nitrogens with zero attached hydrogens (tertiary/aromatic N) is 1. The molecule has 2 fully saturated rings. The van der Waals surface area contributed by atoms with Crippen molar-refractivity contribution in [3.05, 3.63) is 28.8 Å². The molecule has 3 nitrogen and oxygen atoms in total. The zero-order valence-corrected chi connectivity index (χ0v) is 12.8. The Morgan fingerprint density at radius 3 is 2.55 bits per heavy atom. The lowest BCUT2D eigenvalue weighted by Crippen LogP contribution is -2.41. The van der Waals surface area contributed by atoms with E-state index in [0.717, 1.165) is 18.4 Å². The van der Waals surface area contributed by atoms with Gasteiger partial charge in [-0.3, -0.25) is 0 Å². The molecule has 1 aromatic carbocycles. The van der Waals surface area contributed by atoms with E-state index >= 15 is 0 Å². The number of ether oxygens (including phenoxy) is 1. The second-order valence-electron chi connectivity index (χ2n) is 6.12. The molecule has 2 saturated heterocycles. The van der Waals surface area contributed by atoms with Gasteiger partial charge in [-0.25, -0.2) is 0 Å². The van der Waals surface area contributed by atoms with Gasteiger partial charge in [0.15, 0.2) is 0 Å². The standard InChI is InChI=1S/C16H22ClNO2/c1-18-12-4-5-13(18)8-11(7-12)16(19)10-3-6-14(17)15(9-10)20-2/h3,6,9,11-13,16,19H,4-5,7-8H2,1-2H3. The van der Waals surface area contributed by atoms with Gasteiger partial charge in [0.1, 0.15) is 5.75 Å². The van der Waals surface area contributed by atoms with Crippen molar-refractivity contribution in [2.45, 2.75) is 43.9 Å². The van der Waals surface area contributed by atoms with Crippen LogP contribution in [0.25, 0.3) is 0 Å². The molecule has 3 atom stereocenters. The number of methoxy groups -OCH3 is 1. The molecule has 1 N–H and O–H groups in total. The summed E-state index contributed by atoms with van der Waals surface area (Å²) in [5.41, 5.74) is 0.917. The second-order valence-corrected chi connectivity index (χ2v) is 6.53. The van der Waals surface area contributed by atoms with Crippen molar-refractivity contribution in [1.82, 2.24) is 4.90 Å². The molecule has 2 aliphatic heterocycles. The summed E-state index contributed by atoms with van der Waals surface area (Å²) in [5, 5.41) is 11.3. The van der Waals surface area contributed by atoms with Gasteiger partial charge < -0.3 is 14.7 Å². The lowest BCUT2D eigenvalue weighted by Gasteiger charge is -2.38. The molecule has 20 heavy (non-hydrogen) atoms. The van der Waals surface area contributed by atoms with Crippen molar-refractivity contribution in [3.63, 3.8) is 0 Å². The first-order valence-electron chi connectivity index (χ1n) is 7.33. The van der Waals surface area contributed by atoms with Crippen LogP contribution in [0.2, 0.25) is 5.02 Å². The predicted octanol–water partition coefficient (Wildman–Crippen LogP) is 3.25. The Hall–Kier alpha value is -0.770. The quantitative estimate of drug-likeness (QED) is 0.929. The molecule has 0 aliphatic carbocycles. The summed E-state index contributed by atoms with van der Waals surface area (Å²) in [6.07, 6.45) is 4.29. The van der Waals surface area contributed by atoms with Gasteiger partial charge >= 0.3 is 0 Å². The number of aliphatic hydroxyl groups is 1. The normalized spacial score (nSPS) is 31.3. The highest BCUT2D eigenvalue weighted by Gasteiger charge is 2.40. The monoisotopic (exact) mass is 295 g/mol. The van der Waals surface area contributed by atoms with Crippen LogP contribution in [0.3, 0.4) is 0 Å². The Kier molecular flexibility index (Phi) is 3.93. The molecule has 1 aromatic rings. The maximum atomic E-state index is 10.7. The summed E-state index contributed by atoms with van der Waals surface area (Å²) in [7, 11) is 3.82. The summed E-state index contributed by atoms with van der Waals surface area (Å²) < 4.78 is 5.24. The van der Waals surface area contributed by atoms with E-state index in [1.807, 2.05) is 18.2 Å². The Labute approximate surface area is 125 Å². The number of halogens is 1. The van der Waals surface area contributed by atoms with Crippen LogP contribution in [0.15, 0.2) is 18.2 Å². The lowest BCUT2D eigenvalue weighted by atomic mass is 9.84. The van der Waals surface area contributed by atoms with Crippen LogP contribution in [0.4, 0.5) is 0 Å². The minimum atomic E-state index is -0.419. The van der Waals surface area contributed by atoms with Crippen LogP contribution >= 0.6 is 11.6 Å². The van der Waals surface area contributed by atoms with Crippen LogP contribution in [0.5, 0.6) is 5.75 Å². The van der Waals surface area contributed by atoms with Crippen molar-refractivity contribution in [1.29, 1.82) is 0 Å². The van der Waals surface area contributed by atoms with E-state index in [1.165, 1.54) is 12.8 Å². The smallest absolute Gasteiger partial charge is 0.137 e. The molecule has 3 rings (SSSR count). The predicted molar refractivity (Wildman–Crippen MR) is 80.3 cm³/mol. The SMILES string of the molecule is COc1cc(C(O)C2CC3CCC(C2)N3C)ccc1Cl. The van der Waals surface area contributed by atoms with Gasteiger partial charge in [0, 0.05) is 12.1 Å². The van der Waals surface area contributed by atoms with Gasteiger partial charge in [0.25, 0.3) is 0 Å². The van der Waals surface area contributed by atoms with Gasteiger partial charge in [0.2, 0.25) is 0 Å². The van der Waals surface area contributed by atoms with E-state index in [-0.39, 0.29) is 0 Å². The van der Waals surface area contributed by atoms with E-state index in [9.17, 15) is 5.11 Å². The third kappa shape index (κ3) is 2.43. The summed E-state index contributed by atoms with van der Waals surface area (Å²) in [5.74, 6) is 0.980. The van der Waals surface area contributed by atoms with Crippen LogP contribution in [0.1, 0.15) is 37.4 Å². The zero-order valence-electron chi connectivity index (χ0n) is 12.1. The van der Waals surface area contributed by atoms with Crippen LogP contribution in [-0.2, 0) is 0 Å². The van der Waals surface area contributed by atoms with Gasteiger partial charge in [-0.05, 0) is 56.3 Å². The number of benzene rings is 1. The number of rotatable bonds is 3. The van der Waals surface area contributed by atoms with E-state index in [0.29, 0.717) is 28.8 Å². The maximum Gasteiger partial charge on any atom is 0.137 e. The van der Waals surface area contributed by atoms with Crippen LogP contribution in [-0.4, -0.2) is 36.2 Å². The molecule has 4 heteroatoms. The van der Waals surface area contributed by atoms with Crippen molar-refractivity contribution in [2.24, 2.45) is 5.92 Å². The first-order valence-corrected chi connectivity index (χ1v) is 7.71. The summed E-state index contributed by atoms with van der Waals surface area (Å²) >= 11 is 6.05. The third-order valence-corrected chi connectivity index (χ3v) is 5.41. The third-order valence-electron chi connectivity index (χ3n) is 5.10. The van der Waals surface area contributed by atoms with Crippen LogP contribution < -0.4 is 4.74 Å². The molecular weight excluding hydrogens is 274 g/mol. The first-order chi connectivity index (χ1) is 9.60. The van der Waals surface area contributed by atoms with Crippen molar-refractivity contribution in [3.8, 4) is 5.75 Å². The van der Waals surface area contributed by atoms with Gasteiger partial charge in [-0.1, -0.05) is 17.7 Å². The lowest BCUT2D eigenvalue weighted by molar-refractivity contribution is 0.0355. The number of piperidine rings is 1. The van der Waals surface area contributed by atoms with Gasteiger partial charge in [-0.2, -0.15) is 0 Å². The number of hydrogen-bond acceptors (Lipinski definition) is 3. The van der Waals surface area contributed by atoms with Crippen molar-refractivity contribution < 1.29 is 9.84 Å². The van der Waals surface area contributed by atoms with E-state index < -0.39 is 6.10 Å². The minimum absolute atomic E-state index is 0.342. The molecule has 0 spiro atoms. The molecule has 2 bridgehead atoms. The molecule has 0 radical (unpaired) electrons. The van der Waals surface area contributed by atoms with Crippen LogP contribution in [0, 0.1) is 5.92 Å². The number of fused-ring (bicyclic) bond motifs is 2. The zero-order chi connectivity index (χ0) is 14.3. The molecular formula is C16H22ClNO2.